The van der Waals surface area contributed by atoms with Gasteiger partial charge in [-0.2, -0.15) is 0 Å². The van der Waals surface area contributed by atoms with Crippen molar-refractivity contribution in [1.82, 2.24) is 19.7 Å². The molecule has 11 heavy (non-hydrogen) atoms. The first-order valence-corrected chi connectivity index (χ1v) is 4.50. The van der Waals surface area contributed by atoms with E-state index in [0.717, 1.165) is 5.13 Å². The van der Waals surface area contributed by atoms with Crippen molar-refractivity contribution in [3.63, 3.8) is 0 Å². The molecule has 4 nitrogen and oxygen atoms in total. The summed E-state index contributed by atoms with van der Waals surface area (Å²) in [5.74, 6) is 0. The van der Waals surface area contributed by atoms with Gasteiger partial charge in [-0.05, 0) is 15.9 Å². The largest absolute Gasteiger partial charge is 0.251 e. The number of rotatable bonds is 1. The maximum absolute atomic E-state index is 4.09. The van der Waals surface area contributed by atoms with Crippen molar-refractivity contribution in [3.05, 3.63) is 22.6 Å². The van der Waals surface area contributed by atoms with Crippen LogP contribution in [0.25, 0.3) is 5.13 Å². The van der Waals surface area contributed by atoms with Gasteiger partial charge in [-0.25, -0.2) is 4.98 Å². The summed E-state index contributed by atoms with van der Waals surface area (Å²) >= 11 is 4.78. The number of aromatic nitrogens is 4. The Balaban J connectivity index is 2.53. The molecule has 0 amide bonds. The molecule has 0 saturated heterocycles. The van der Waals surface area contributed by atoms with Gasteiger partial charge in [-0.15, -0.1) is 21.5 Å². The Kier molecular flexibility index (Phi) is 1.71. The van der Waals surface area contributed by atoms with E-state index in [0.29, 0.717) is 4.73 Å². The van der Waals surface area contributed by atoms with E-state index in [1.807, 2.05) is 5.38 Å². The molecule has 0 atom stereocenters. The van der Waals surface area contributed by atoms with Crippen LogP contribution in [0.2, 0.25) is 0 Å². The van der Waals surface area contributed by atoms with Gasteiger partial charge in [0.2, 0.25) is 4.73 Å². The van der Waals surface area contributed by atoms with Crippen LogP contribution in [0.1, 0.15) is 0 Å². The summed E-state index contributed by atoms with van der Waals surface area (Å²) in [6.07, 6.45) is 3.36. The Bertz CT molecular complexity index is 341. The van der Waals surface area contributed by atoms with E-state index in [9.17, 15) is 0 Å². The fourth-order valence-electron chi connectivity index (χ4n) is 0.684. The van der Waals surface area contributed by atoms with Crippen LogP contribution in [0.3, 0.4) is 0 Å². The third-order valence-corrected chi connectivity index (χ3v) is 2.44. The SMILES string of the molecule is Brc1nncn1-c1nccs1. The molecule has 2 heterocycles. The smallest absolute Gasteiger partial charge is 0.206 e. The van der Waals surface area contributed by atoms with Crippen molar-refractivity contribution in [2.24, 2.45) is 0 Å². The summed E-state index contributed by atoms with van der Waals surface area (Å²) in [5, 5.41) is 10.2. The molecule has 0 aromatic carbocycles. The molecule has 6 heteroatoms. The van der Waals surface area contributed by atoms with Gasteiger partial charge in [-0.1, -0.05) is 0 Å². The Morgan fingerprint density at radius 1 is 1.55 bits per heavy atom. The second kappa shape index (κ2) is 2.71. The van der Waals surface area contributed by atoms with E-state index in [1.54, 1.807) is 17.1 Å². The van der Waals surface area contributed by atoms with Crippen LogP contribution in [-0.4, -0.2) is 19.7 Å². The second-order valence-electron chi connectivity index (χ2n) is 1.78. The van der Waals surface area contributed by atoms with Crippen molar-refractivity contribution >= 4 is 27.3 Å². The Hall–Kier alpha value is -0.750. The first-order valence-electron chi connectivity index (χ1n) is 2.83. The first-order chi connectivity index (χ1) is 5.38. The third kappa shape index (κ3) is 1.19. The molecular weight excluding hydrogens is 228 g/mol. The summed E-state index contributed by atoms with van der Waals surface area (Å²) in [4.78, 5) is 4.09. The van der Waals surface area contributed by atoms with Gasteiger partial charge in [0.25, 0.3) is 0 Å². The topological polar surface area (TPSA) is 43.6 Å². The zero-order chi connectivity index (χ0) is 7.68. The Morgan fingerprint density at radius 2 is 2.45 bits per heavy atom. The van der Waals surface area contributed by atoms with Gasteiger partial charge < -0.3 is 0 Å². The van der Waals surface area contributed by atoms with Gasteiger partial charge in [0.15, 0.2) is 5.13 Å². The highest BCUT2D eigenvalue weighted by Gasteiger charge is 2.03. The quantitative estimate of drug-likeness (QED) is 0.746. The molecule has 0 fully saturated rings. The van der Waals surface area contributed by atoms with Gasteiger partial charge in [0, 0.05) is 11.6 Å². The van der Waals surface area contributed by atoms with Gasteiger partial charge >= 0.3 is 0 Å². The average molecular weight is 231 g/mol. The minimum Gasteiger partial charge on any atom is -0.251 e. The summed E-state index contributed by atoms with van der Waals surface area (Å²) < 4.78 is 2.44. The van der Waals surface area contributed by atoms with E-state index in [1.165, 1.54) is 11.3 Å². The van der Waals surface area contributed by atoms with Gasteiger partial charge in [-0.3, -0.25) is 4.57 Å². The third-order valence-electron chi connectivity index (χ3n) is 1.13. The van der Waals surface area contributed by atoms with Crippen molar-refractivity contribution < 1.29 is 0 Å². The highest BCUT2D eigenvalue weighted by molar-refractivity contribution is 9.10. The van der Waals surface area contributed by atoms with Crippen LogP contribution < -0.4 is 0 Å². The van der Waals surface area contributed by atoms with Crippen molar-refractivity contribution in [2.75, 3.05) is 0 Å². The standard InChI is InChI=1S/C5H3BrN4S/c6-4-9-8-3-10(4)5-7-1-2-11-5/h1-3H. The zero-order valence-corrected chi connectivity index (χ0v) is 7.71. The Morgan fingerprint density at radius 3 is 3.00 bits per heavy atom. The number of hydrogen-bond donors (Lipinski definition) is 0. The van der Waals surface area contributed by atoms with Gasteiger partial charge in [0.1, 0.15) is 6.33 Å². The van der Waals surface area contributed by atoms with Gasteiger partial charge in [0.05, 0.1) is 0 Å². The molecule has 0 bridgehead atoms. The number of thiazole rings is 1. The molecule has 0 spiro atoms. The second-order valence-corrected chi connectivity index (χ2v) is 3.37. The monoisotopic (exact) mass is 230 g/mol. The van der Waals surface area contributed by atoms with E-state index in [2.05, 4.69) is 31.1 Å². The predicted octanol–water partition coefficient (Wildman–Crippen LogP) is 1.49. The molecule has 2 aromatic rings. The molecular formula is C5H3BrN4S. The lowest BCUT2D eigenvalue weighted by Crippen LogP contribution is -1.89. The predicted molar refractivity (Wildman–Crippen MR) is 44.7 cm³/mol. The van der Waals surface area contributed by atoms with Crippen LogP contribution in [0, 0.1) is 0 Å². The van der Waals surface area contributed by atoms with Crippen molar-refractivity contribution in [1.29, 1.82) is 0 Å². The van der Waals surface area contributed by atoms with Crippen LogP contribution in [0.5, 0.6) is 0 Å². The Labute approximate surface area is 75.0 Å². The summed E-state index contributed by atoms with van der Waals surface area (Å²) in [6, 6.07) is 0. The van der Waals surface area contributed by atoms with Crippen LogP contribution in [-0.2, 0) is 0 Å². The summed E-state index contributed by atoms with van der Waals surface area (Å²) in [6.45, 7) is 0. The molecule has 2 aromatic heterocycles. The van der Waals surface area contributed by atoms with Crippen LogP contribution >= 0.6 is 27.3 Å². The van der Waals surface area contributed by atoms with Crippen LogP contribution in [0.4, 0.5) is 0 Å². The molecule has 0 N–H and O–H groups in total. The highest BCUT2D eigenvalue weighted by Crippen LogP contribution is 2.15. The molecule has 0 aliphatic rings. The van der Waals surface area contributed by atoms with E-state index in [-0.39, 0.29) is 0 Å². The number of hydrogen-bond acceptors (Lipinski definition) is 4. The zero-order valence-electron chi connectivity index (χ0n) is 5.31. The van der Waals surface area contributed by atoms with Crippen molar-refractivity contribution in [2.45, 2.75) is 0 Å². The number of nitrogens with zero attached hydrogens (tertiary/aromatic N) is 4. The minimum atomic E-state index is 0.674. The molecule has 0 unspecified atom stereocenters. The molecule has 0 radical (unpaired) electrons. The summed E-state index contributed by atoms with van der Waals surface area (Å²) in [5.41, 5.74) is 0. The lowest BCUT2D eigenvalue weighted by molar-refractivity contribution is 0.993. The maximum Gasteiger partial charge on any atom is 0.206 e. The lowest BCUT2D eigenvalue weighted by Gasteiger charge is -1.92. The minimum absolute atomic E-state index is 0.674. The van der Waals surface area contributed by atoms with E-state index < -0.39 is 0 Å². The number of halogens is 1. The molecule has 0 saturated carbocycles. The molecule has 0 aliphatic heterocycles. The maximum atomic E-state index is 4.09. The van der Waals surface area contributed by atoms with Crippen LogP contribution in [0.15, 0.2) is 22.6 Å². The highest BCUT2D eigenvalue weighted by atomic mass is 79.9. The van der Waals surface area contributed by atoms with Crippen molar-refractivity contribution in [3.8, 4) is 5.13 Å². The fourth-order valence-corrected chi connectivity index (χ4v) is 1.76. The first kappa shape index (κ1) is 6.93. The molecule has 2 rings (SSSR count). The summed E-state index contributed by atoms with van der Waals surface area (Å²) in [7, 11) is 0. The molecule has 56 valence electrons. The van der Waals surface area contributed by atoms with E-state index in [4.69, 9.17) is 0 Å². The van der Waals surface area contributed by atoms with E-state index >= 15 is 0 Å². The lowest BCUT2D eigenvalue weighted by atomic mass is 10.9. The normalized spacial score (nSPS) is 10.3. The molecule has 0 aliphatic carbocycles. The average Bonchev–Trinajstić information content (AvgIpc) is 2.55. The fraction of sp³-hybridized carbons (Fsp3) is 0.